The molecular weight excluding hydrogens is 400 g/mol. The van der Waals surface area contributed by atoms with Crippen LogP contribution in [0.5, 0.6) is 0 Å². The first kappa shape index (κ1) is 19.8. The van der Waals surface area contributed by atoms with Gasteiger partial charge in [-0.15, -0.1) is 5.10 Å². The highest BCUT2D eigenvalue weighted by atomic mass is 16.6. The third-order valence-corrected chi connectivity index (χ3v) is 5.68. The van der Waals surface area contributed by atoms with Crippen LogP contribution in [0.1, 0.15) is 6.04 Å². The van der Waals surface area contributed by atoms with Gasteiger partial charge in [0.25, 0.3) is 0 Å². The minimum atomic E-state index is -0.431. The summed E-state index contributed by atoms with van der Waals surface area (Å²) >= 11 is 0. The van der Waals surface area contributed by atoms with Gasteiger partial charge in [0.05, 0.1) is 20.3 Å². The molecule has 5 rings (SSSR count). The van der Waals surface area contributed by atoms with Crippen LogP contribution < -0.4 is 0 Å². The molecule has 9 heteroatoms. The van der Waals surface area contributed by atoms with Crippen LogP contribution >= 0.6 is 0 Å². The summed E-state index contributed by atoms with van der Waals surface area (Å²) in [6, 6.07) is 18.1. The van der Waals surface area contributed by atoms with Crippen molar-refractivity contribution in [2.75, 3.05) is 26.9 Å². The zero-order valence-electron chi connectivity index (χ0n) is 17.0. The van der Waals surface area contributed by atoms with Gasteiger partial charge < -0.3 is 18.9 Å². The fourth-order valence-electron chi connectivity index (χ4n) is 4.08. The van der Waals surface area contributed by atoms with Gasteiger partial charge >= 0.3 is 5.97 Å². The normalized spacial score (nSPS) is 24.8. The van der Waals surface area contributed by atoms with E-state index >= 15 is 0 Å². The molecule has 160 valence electrons. The van der Waals surface area contributed by atoms with Crippen molar-refractivity contribution < 1.29 is 23.7 Å². The molecule has 0 saturated carbocycles. The first-order chi connectivity index (χ1) is 15.2. The third kappa shape index (κ3) is 3.83. The summed E-state index contributed by atoms with van der Waals surface area (Å²) < 4.78 is 23.9. The number of rotatable bonds is 6. The number of ether oxygens (including phenoxy) is 4. The van der Waals surface area contributed by atoms with Crippen molar-refractivity contribution in [1.29, 1.82) is 0 Å². The fourth-order valence-corrected chi connectivity index (χ4v) is 4.08. The Morgan fingerprint density at radius 3 is 2.48 bits per heavy atom. The summed E-state index contributed by atoms with van der Waals surface area (Å²) in [6.45, 7) is 0.602. The van der Waals surface area contributed by atoms with E-state index in [1.54, 1.807) is 4.68 Å². The van der Waals surface area contributed by atoms with E-state index in [1.807, 2.05) is 30.3 Å². The zero-order chi connectivity index (χ0) is 21.2. The summed E-state index contributed by atoms with van der Waals surface area (Å²) in [5.41, 5.74) is 3.18. The van der Waals surface area contributed by atoms with E-state index in [1.165, 1.54) is 7.11 Å². The Morgan fingerprint density at radius 1 is 1.00 bits per heavy atom. The van der Waals surface area contributed by atoms with Gasteiger partial charge in [0, 0.05) is 5.56 Å². The lowest BCUT2D eigenvalue weighted by Crippen LogP contribution is -2.33. The molecule has 1 aromatic heterocycles. The molecule has 31 heavy (non-hydrogen) atoms. The molecule has 0 spiro atoms. The maximum atomic E-state index is 11.4. The number of aromatic nitrogens is 4. The lowest BCUT2D eigenvalue weighted by Gasteiger charge is -2.17. The Balaban J connectivity index is 1.33. The summed E-state index contributed by atoms with van der Waals surface area (Å²) in [7, 11) is 1.33. The Morgan fingerprint density at radius 2 is 1.71 bits per heavy atom. The molecule has 3 heterocycles. The SMILES string of the molecule is COC(=O)CO[C@@H]1CO[C@H]2[C@@H]1OC[C@@H]2n1nnnc1-c1ccc(-c2ccccc2)cc1. The van der Waals surface area contributed by atoms with E-state index in [0.717, 1.165) is 16.7 Å². The first-order valence-corrected chi connectivity index (χ1v) is 10.1. The highest BCUT2D eigenvalue weighted by Gasteiger charge is 2.50. The van der Waals surface area contributed by atoms with Crippen LogP contribution in [-0.2, 0) is 23.7 Å². The molecular formula is C22H22N4O5. The summed E-state index contributed by atoms with van der Waals surface area (Å²) in [4.78, 5) is 11.4. The van der Waals surface area contributed by atoms with Crippen molar-refractivity contribution >= 4 is 5.97 Å². The quantitative estimate of drug-likeness (QED) is 0.556. The van der Waals surface area contributed by atoms with Gasteiger partial charge in [0.2, 0.25) is 0 Å². The van der Waals surface area contributed by atoms with E-state index in [0.29, 0.717) is 19.0 Å². The Kier molecular flexibility index (Phi) is 5.46. The van der Waals surface area contributed by atoms with Crippen LogP contribution in [0.4, 0.5) is 0 Å². The van der Waals surface area contributed by atoms with Crippen LogP contribution in [0, 0.1) is 0 Å². The number of methoxy groups -OCH3 is 1. The van der Waals surface area contributed by atoms with Gasteiger partial charge in [-0.3, -0.25) is 0 Å². The van der Waals surface area contributed by atoms with Crippen molar-refractivity contribution in [2.45, 2.75) is 24.4 Å². The van der Waals surface area contributed by atoms with Gasteiger partial charge in [-0.25, -0.2) is 9.48 Å². The molecule has 2 aromatic carbocycles. The van der Waals surface area contributed by atoms with Gasteiger partial charge in [-0.1, -0.05) is 54.6 Å². The molecule has 4 atom stereocenters. The third-order valence-electron chi connectivity index (χ3n) is 5.68. The monoisotopic (exact) mass is 422 g/mol. The highest BCUT2D eigenvalue weighted by Crippen LogP contribution is 2.37. The molecule has 0 unspecified atom stereocenters. The van der Waals surface area contributed by atoms with Crippen molar-refractivity contribution in [3.8, 4) is 22.5 Å². The van der Waals surface area contributed by atoms with E-state index in [-0.39, 0.29) is 31.0 Å². The van der Waals surface area contributed by atoms with Gasteiger partial charge in [0.1, 0.15) is 31.0 Å². The summed E-state index contributed by atoms with van der Waals surface area (Å²) in [5, 5.41) is 12.3. The van der Waals surface area contributed by atoms with Gasteiger partial charge in [-0.2, -0.15) is 0 Å². The van der Waals surface area contributed by atoms with Crippen LogP contribution in [-0.4, -0.2) is 71.4 Å². The Bertz CT molecular complexity index is 1040. The highest BCUT2D eigenvalue weighted by molar-refractivity contribution is 5.70. The number of carbonyl (C=O) groups is 1. The molecule has 0 bridgehead atoms. The van der Waals surface area contributed by atoms with E-state index in [4.69, 9.17) is 14.2 Å². The molecule has 0 radical (unpaired) electrons. The molecule has 2 fully saturated rings. The van der Waals surface area contributed by atoms with E-state index < -0.39 is 5.97 Å². The molecule has 0 aliphatic carbocycles. The molecule has 0 N–H and O–H groups in total. The molecule has 2 aliphatic rings. The molecule has 0 amide bonds. The number of tetrazole rings is 1. The van der Waals surface area contributed by atoms with Crippen molar-refractivity contribution in [3.63, 3.8) is 0 Å². The van der Waals surface area contributed by atoms with Crippen LogP contribution in [0.25, 0.3) is 22.5 Å². The average molecular weight is 422 g/mol. The van der Waals surface area contributed by atoms with Gasteiger partial charge in [0.15, 0.2) is 5.82 Å². The minimum Gasteiger partial charge on any atom is -0.467 e. The fraction of sp³-hybridized carbons (Fsp3) is 0.364. The standard InChI is InChI=1S/C22H22N4O5/c1-28-19(27)13-29-18-12-31-20-17(11-30-21(18)20)26-22(23-24-25-26)16-9-7-15(8-10-16)14-5-3-2-4-6-14/h2-10,17-18,20-21H,11-13H2,1H3/t17-,18+,20+,21+/m0/s1. The molecule has 9 nitrogen and oxygen atoms in total. The average Bonchev–Trinajstić information content (AvgIpc) is 3.55. The van der Waals surface area contributed by atoms with Gasteiger partial charge in [-0.05, 0) is 21.6 Å². The second kappa shape index (κ2) is 8.54. The number of benzene rings is 2. The van der Waals surface area contributed by atoms with Crippen molar-refractivity contribution in [1.82, 2.24) is 20.2 Å². The number of carbonyl (C=O) groups excluding carboxylic acids is 1. The number of hydrogen-bond acceptors (Lipinski definition) is 8. The summed E-state index contributed by atoms with van der Waals surface area (Å²) in [5.74, 6) is 0.219. The Labute approximate surface area is 178 Å². The van der Waals surface area contributed by atoms with E-state index in [9.17, 15) is 4.79 Å². The maximum absolute atomic E-state index is 11.4. The van der Waals surface area contributed by atoms with Crippen molar-refractivity contribution in [3.05, 3.63) is 54.6 Å². The predicted octanol–water partition coefficient (Wildman–Crippen LogP) is 1.90. The predicted molar refractivity (Wildman–Crippen MR) is 109 cm³/mol. The van der Waals surface area contributed by atoms with Crippen LogP contribution in [0.15, 0.2) is 54.6 Å². The number of hydrogen-bond donors (Lipinski definition) is 0. The minimum absolute atomic E-state index is 0.133. The topological polar surface area (TPSA) is 97.6 Å². The van der Waals surface area contributed by atoms with E-state index in [2.05, 4.69) is 44.5 Å². The van der Waals surface area contributed by atoms with Crippen LogP contribution in [0.3, 0.4) is 0 Å². The first-order valence-electron chi connectivity index (χ1n) is 10.1. The molecule has 3 aromatic rings. The van der Waals surface area contributed by atoms with Crippen molar-refractivity contribution in [2.24, 2.45) is 0 Å². The molecule has 2 aliphatic heterocycles. The lowest BCUT2D eigenvalue weighted by molar-refractivity contribution is -0.150. The van der Waals surface area contributed by atoms with Crippen LogP contribution in [0.2, 0.25) is 0 Å². The largest absolute Gasteiger partial charge is 0.467 e. The second-order valence-corrected chi connectivity index (χ2v) is 7.48. The summed E-state index contributed by atoms with van der Waals surface area (Å²) in [6.07, 6.45) is -0.875. The lowest BCUT2D eigenvalue weighted by atomic mass is 10.0. The molecule has 2 saturated heterocycles. The number of esters is 1. The smallest absolute Gasteiger partial charge is 0.331 e. The zero-order valence-corrected chi connectivity index (χ0v) is 17.0. The second-order valence-electron chi connectivity index (χ2n) is 7.48. The Hall–Kier alpha value is -3.14. The number of nitrogens with zero attached hydrogens (tertiary/aromatic N) is 4. The maximum Gasteiger partial charge on any atom is 0.331 e. The number of fused-ring (bicyclic) bond motifs is 1.